The lowest BCUT2D eigenvalue weighted by Crippen LogP contribution is -2.40. The van der Waals surface area contributed by atoms with Crippen LogP contribution >= 0.6 is 0 Å². The van der Waals surface area contributed by atoms with E-state index in [1.165, 1.54) is 218 Å². The van der Waals surface area contributed by atoms with Crippen LogP contribution in [-0.2, 0) is 33.3 Å². The molecule has 0 aromatic carbocycles. The Morgan fingerprint density at radius 1 is 0.313 bits per heavy atom. The summed E-state index contributed by atoms with van der Waals surface area (Å²) in [4.78, 5) is 37.8. The van der Waals surface area contributed by atoms with Crippen molar-refractivity contribution in [3.63, 3.8) is 0 Å². The summed E-state index contributed by atoms with van der Waals surface area (Å²) in [5.41, 5.74) is 0. The monoisotopic (exact) mass is 1380 g/mol. The number of ether oxygens (including phenoxy) is 4. The van der Waals surface area contributed by atoms with Gasteiger partial charge in [-0.3, -0.25) is 9.59 Å². The van der Waals surface area contributed by atoms with Crippen molar-refractivity contribution >= 4 is 17.9 Å². The Hall–Kier alpha value is -4.57. The maximum atomic E-state index is 13.0. The molecule has 0 spiro atoms. The van der Waals surface area contributed by atoms with Gasteiger partial charge in [0.15, 0.2) is 6.10 Å². The number of carboxylic acids is 1. The maximum Gasteiger partial charge on any atom is 0.361 e. The Bertz CT molecular complexity index is 2100. The molecular formula is C90H156NO8+. The first-order chi connectivity index (χ1) is 48.6. The molecule has 0 rings (SSSR count). The van der Waals surface area contributed by atoms with Crippen LogP contribution in [0, 0.1) is 0 Å². The van der Waals surface area contributed by atoms with E-state index in [-0.39, 0.29) is 32.2 Å². The van der Waals surface area contributed by atoms with Gasteiger partial charge in [-0.25, -0.2) is 4.79 Å². The molecule has 9 heteroatoms. The van der Waals surface area contributed by atoms with Crippen LogP contribution in [-0.4, -0.2) is 87.4 Å². The van der Waals surface area contributed by atoms with Crippen LogP contribution in [0.1, 0.15) is 361 Å². The van der Waals surface area contributed by atoms with Gasteiger partial charge in [0.2, 0.25) is 0 Å². The zero-order valence-electron chi connectivity index (χ0n) is 65.1. The molecule has 568 valence electrons. The number of esters is 2. The second kappa shape index (κ2) is 79.1. The van der Waals surface area contributed by atoms with Crippen molar-refractivity contribution in [1.29, 1.82) is 0 Å². The fraction of sp³-hybridized carbons (Fsp3) is 0.722. The van der Waals surface area contributed by atoms with Gasteiger partial charge >= 0.3 is 17.9 Å². The van der Waals surface area contributed by atoms with Crippen molar-refractivity contribution in [2.75, 3.05) is 47.5 Å². The predicted octanol–water partition coefficient (Wildman–Crippen LogP) is 26.8. The lowest BCUT2D eigenvalue weighted by atomic mass is 10.0. The number of hydrogen-bond donors (Lipinski definition) is 1. The van der Waals surface area contributed by atoms with Crippen molar-refractivity contribution in [3.8, 4) is 0 Å². The molecule has 0 saturated heterocycles. The summed E-state index contributed by atoms with van der Waals surface area (Å²) in [6.45, 7) is 4.78. The minimum atomic E-state index is -1.52. The number of allylic oxidation sites excluding steroid dienone is 22. The van der Waals surface area contributed by atoms with Crippen molar-refractivity contribution < 1.29 is 42.9 Å². The highest BCUT2D eigenvalue weighted by molar-refractivity contribution is 5.71. The summed E-state index contributed by atoms with van der Waals surface area (Å²) in [6.07, 6.45) is 112. The van der Waals surface area contributed by atoms with Gasteiger partial charge in [0.1, 0.15) is 13.2 Å². The molecular weight excluding hydrogens is 1220 g/mol. The number of aliphatic carboxylic acids is 1. The zero-order chi connectivity index (χ0) is 71.8. The van der Waals surface area contributed by atoms with E-state index >= 15 is 0 Å². The van der Waals surface area contributed by atoms with Crippen LogP contribution in [0.5, 0.6) is 0 Å². The maximum absolute atomic E-state index is 13.0. The van der Waals surface area contributed by atoms with Gasteiger partial charge in [-0.1, -0.05) is 366 Å². The number of carboxylic acid groups (broad SMARTS) is 1. The van der Waals surface area contributed by atoms with Gasteiger partial charge < -0.3 is 28.5 Å². The second-order valence-electron chi connectivity index (χ2n) is 28.7. The fourth-order valence-corrected chi connectivity index (χ4v) is 11.6. The average Bonchev–Trinajstić information content (AvgIpc) is 2.19. The first-order valence-electron chi connectivity index (χ1n) is 41.3. The van der Waals surface area contributed by atoms with Crippen molar-refractivity contribution in [2.24, 2.45) is 0 Å². The largest absolute Gasteiger partial charge is 0.477 e. The van der Waals surface area contributed by atoms with Crippen molar-refractivity contribution in [3.05, 3.63) is 134 Å². The number of rotatable bonds is 76. The predicted molar refractivity (Wildman–Crippen MR) is 428 cm³/mol. The Balaban J connectivity index is 4.05. The number of carbonyl (C=O) groups is 3. The molecule has 0 radical (unpaired) electrons. The number of unbranched alkanes of at least 4 members (excludes halogenated alkanes) is 39. The summed E-state index contributed by atoms with van der Waals surface area (Å²) in [5.74, 6) is -2.00. The van der Waals surface area contributed by atoms with Crippen LogP contribution in [0.25, 0.3) is 0 Å². The van der Waals surface area contributed by atoms with Gasteiger partial charge in [-0.15, -0.1) is 0 Å². The van der Waals surface area contributed by atoms with Crippen LogP contribution in [0.4, 0.5) is 0 Å². The second-order valence-corrected chi connectivity index (χ2v) is 28.7. The lowest BCUT2D eigenvalue weighted by molar-refractivity contribution is -0.870. The molecule has 0 fully saturated rings. The summed E-state index contributed by atoms with van der Waals surface area (Å²) < 4.78 is 23.0. The van der Waals surface area contributed by atoms with E-state index in [2.05, 4.69) is 148 Å². The van der Waals surface area contributed by atoms with E-state index in [1.807, 2.05) is 21.1 Å². The molecule has 1 N–H and O–H groups in total. The Labute approximate surface area is 611 Å². The molecule has 0 bridgehead atoms. The van der Waals surface area contributed by atoms with Crippen LogP contribution in [0.15, 0.2) is 134 Å². The van der Waals surface area contributed by atoms with E-state index in [9.17, 15) is 19.5 Å². The smallest absolute Gasteiger partial charge is 0.361 e. The van der Waals surface area contributed by atoms with E-state index in [1.54, 1.807) is 0 Å². The molecule has 0 aromatic heterocycles. The molecule has 0 aliphatic rings. The van der Waals surface area contributed by atoms with Crippen LogP contribution in [0.2, 0.25) is 0 Å². The fourth-order valence-electron chi connectivity index (χ4n) is 11.6. The minimum Gasteiger partial charge on any atom is -0.477 e. The third kappa shape index (κ3) is 80.6. The van der Waals surface area contributed by atoms with Gasteiger partial charge in [-0.05, 0) is 116 Å². The number of quaternary nitrogens is 1. The average molecular weight is 1380 g/mol. The van der Waals surface area contributed by atoms with Crippen molar-refractivity contribution in [2.45, 2.75) is 373 Å². The first kappa shape index (κ1) is 94.4. The molecule has 9 nitrogen and oxygen atoms in total. The van der Waals surface area contributed by atoms with Gasteiger partial charge in [0, 0.05) is 12.8 Å². The normalized spacial score (nSPS) is 13.3. The van der Waals surface area contributed by atoms with Crippen molar-refractivity contribution in [1.82, 2.24) is 0 Å². The molecule has 0 aliphatic heterocycles. The Kier molecular flexibility index (Phi) is 75.5. The molecule has 2 atom stereocenters. The molecule has 0 aromatic rings. The van der Waals surface area contributed by atoms with E-state index < -0.39 is 24.3 Å². The highest BCUT2D eigenvalue weighted by Crippen LogP contribution is 2.19. The summed E-state index contributed by atoms with van der Waals surface area (Å²) >= 11 is 0. The topological polar surface area (TPSA) is 108 Å². The molecule has 99 heavy (non-hydrogen) atoms. The van der Waals surface area contributed by atoms with Crippen LogP contribution in [0.3, 0.4) is 0 Å². The van der Waals surface area contributed by atoms with E-state index in [4.69, 9.17) is 18.9 Å². The summed E-state index contributed by atoms with van der Waals surface area (Å²) in [5, 5.41) is 9.78. The highest BCUT2D eigenvalue weighted by Gasteiger charge is 2.25. The lowest BCUT2D eigenvalue weighted by Gasteiger charge is -2.25. The molecule has 0 aliphatic carbocycles. The number of hydrogen-bond acceptors (Lipinski definition) is 7. The third-order valence-electron chi connectivity index (χ3n) is 17.9. The summed E-state index contributed by atoms with van der Waals surface area (Å²) in [7, 11) is 5.98. The van der Waals surface area contributed by atoms with Gasteiger partial charge in [0.05, 0.1) is 34.4 Å². The Morgan fingerprint density at radius 2 is 0.576 bits per heavy atom. The quantitative estimate of drug-likeness (QED) is 0.0211. The molecule has 0 heterocycles. The molecule has 2 unspecified atom stereocenters. The third-order valence-corrected chi connectivity index (χ3v) is 17.9. The van der Waals surface area contributed by atoms with Gasteiger partial charge in [-0.2, -0.15) is 0 Å². The van der Waals surface area contributed by atoms with E-state index in [0.717, 1.165) is 109 Å². The van der Waals surface area contributed by atoms with Crippen LogP contribution < -0.4 is 0 Å². The minimum absolute atomic E-state index is 0.182. The van der Waals surface area contributed by atoms with E-state index in [0.29, 0.717) is 23.9 Å². The van der Waals surface area contributed by atoms with Gasteiger partial charge in [0.25, 0.3) is 6.29 Å². The SMILES string of the molecule is CC/C=C\C/C=C\C/C=C\C/C=C\C/C=C\C/C=C\C/C=C\C/C=C\C/C=C\CCCCCCCCCCCC(=O)OC(COC(=O)CCCCCCCCCCCCCCCCCCCCCCCCCCC/C=C\C/C=C\CCCCCCC)COC(OCC[N+](C)(C)C)C(=O)O. The molecule has 0 amide bonds. The Morgan fingerprint density at radius 3 is 0.859 bits per heavy atom. The highest BCUT2D eigenvalue weighted by atomic mass is 16.7. The first-order valence-corrected chi connectivity index (χ1v) is 41.3. The number of nitrogens with zero attached hydrogens (tertiary/aromatic N) is 1. The number of likely N-dealkylation sites (N-methyl/N-ethyl adjacent to an activating group) is 1. The number of carbonyl (C=O) groups excluding carboxylic acids is 2. The molecule has 0 saturated carbocycles. The standard InChI is InChI=1S/C90H155NO8/c1-6-8-10-12-14-16-18-20-22-24-26-28-30-32-34-36-38-40-42-44-46-48-50-52-54-56-58-60-62-64-66-68-70-72-74-76-78-80-87(92)97-84-86(85-98-90(89(94)95)96-83-82-91(3,4)5)99-88(93)81-79-77-75-73-71-69-67-65-63-61-59-57-55-53-51-49-47-45-43-41-39-37-35-33-31-29-27-25-23-21-19-17-15-13-11-9-7-2/h9,11,15,17-18,20-21,23-24,26-27,29,33,35,39,41,45,47,51,53,57,59,86,90H,6-8,10,12-14,16,19,22,25,28,30-32,34,36-38,40,42-44,46,48-50,52,54-56,58,60-85H2,1-5H3/p+1/b11-9-,17-15-,20-18-,23-21-,26-24-,29-27-,35-33-,41-39-,47-45-,53-51-,59-57-. The zero-order valence-corrected chi connectivity index (χ0v) is 65.1. The summed E-state index contributed by atoms with van der Waals surface area (Å²) in [6, 6.07) is 0.